The number of fused-ring (bicyclic) bond motifs is 2. The van der Waals surface area contributed by atoms with E-state index in [0.717, 1.165) is 38.1 Å². The molecule has 3 N–H and O–H groups in total. The van der Waals surface area contributed by atoms with Crippen molar-refractivity contribution in [2.24, 2.45) is 0 Å². The first kappa shape index (κ1) is 15.0. The summed E-state index contributed by atoms with van der Waals surface area (Å²) in [6.45, 7) is 0.378. The van der Waals surface area contributed by atoms with E-state index < -0.39 is 0 Å². The molecule has 0 saturated carbocycles. The molecule has 7 heteroatoms. The number of aromatic nitrogens is 2. The van der Waals surface area contributed by atoms with Crippen molar-refractivity contribution in [2.45, 2.75) is 6.54 Å². The minimum Gasteiger partial charge on any atom is -0.381 e. The number of rotatable bonds is 3. The summed E-state index contributed by atoms with van der Waals surface area (Å²) in [5, 5.41) is 4.73. The number of benzene rings is 2. The number of halogens is 1. The SMILES string of the molecule is O=c1[nH]c2ccc(NCc3cc4cc(Cl)ccc4[nH]c3=O)cc2s1. The summed E-state index contributed by atoms with van der Waals surface area (Å²) in [6.07, 6.45) is 0. The number of pyridine rings is 1. The van der Waals surface area contributed by atoms with Gasteiger partial charge in [0, 0.05) is 33.7 Å². The molecule has 0 radical (unpaired) electrons. The summed E-state index contributed by atoms with van der Waals surface area (Å²) in [4.78, 5) is 29.1. The van der Waals surface area contributed by atoms with Gasteiger partial charge in [0.15, 0.2) is 0 Å². The van der Waals surface area contributed by atoms with Gasteiger partial charge < -0.3 is 15.3 Å². The van der Waals surface area contributed by atoms with Crippen molar-refractivity contribution >= 4 is 49.7 Å². The van der Waals surface area contributed by atoms with Crippen LogP contribution in [0.4, 0.5) is 5.69 Å². The highest BCUT2D eigenvalue weighted by atomic mass is 35.5. The molecule has 4 aromatic rings. The monoisotopic (exact) mass is 357 g/mol. The molecule has 0 fully saturated rings. The van der Waals surface area contributed by atoms with E-state index >= 15 is 0 Å². The first-order valence-corrected chi connectivity index (χ1v) is 8.46. The molecule has 2 aromatic heterocycles. The quantitative estimate of drug-likeness (QED) is 0.523. The maximum absolute atomic E-state index is 12.2. The highest BCUT2D eigenvalue weighted by Crippen LogP contribution is 2.21. The Labute approximate surface area is 144 Å². The molecule has 0 saturated heterocycles. The standard InChI is InChI=1S/C17H12ClN3O2S/c18-11-1-3-13-9(6-11)5-10(16(22)20-13)8-19-12-2-4-14-15(7-12)24-17(23)21-14/h1-7,19H,8H2,(H,20,22)(H,21,23). The van der Waals surface area contributed by atoms with Crippen molar-refractivity contribution in [1.82, 2.24) is 9.97 Å². The van der Waals surface area contributed by atoms with Gasteiger partial charge in [-0.3, -0.25) is 9.59 Å². The Balaban J connectivity index is 1.64. The van der Waals surface area contributed by atoms with Gasteiger partial charge in [-0.1, -0.05) is 22.9 Å². The molecule has 2 heterocycles. The fraction of sp³-hybridized carbons (Fsp3) is 0.0588. The van der Waals surface area contributed by atoms with Crippen LogP contribution in [-0.2, 0) is 6.54 Å². The summed E-state index contributed by atoms with van der Waals surface area (Å²) in [5.74, 6) is 0. The van der Waals surface area contributed by atoms with Crippen LogP contribution in [0, 0.1) is 0 Å². The van der Waals surface area contributed by atoms with Gasteiger partial charge in [0.25, 0.3) is 5.56 Å². The number of aromatic amines is 2. The second kappa shape index (κ2) is 5.81. The molecule has 0 atom stereocenters. The topological polar surface area (TPSA) is 77.8 Å². The largest absolute Gasteiger partial charge is 0.381 e. The Morgan fingerprint density at radius 3 is 2.71 bits per heavy atom. The maximum atomic E-state index is 12.2. The smallest absolute Gasteiger partial charge is 0.305 e. The first-order chi connectivity index (χ1) is 11.6. The maximum Gasteiger partial charge on any atom is 0.305 e. The van der Waals surface area contributed by atoms with Crippen molar-refractivity contribution < 1.29 is 0 Å². The lowest BCUT2D eigenvalue weighted by atomic mass is 10.1. The molecule has 5 nitrogen and oxygen atoms in total. The van der Waals surface area contributed by atoms with Crippen LogP contribution in [0.3, 0.4) is 0 Å². The van der Waals surface area contributed by atoms with E-state index in [1.807, 2.05) is 30.3 Å². The van der Waals surface area contributed by atoms with Gasteiger partial charge in [0.05, 0.1) is 10.2 Å². The number of H-pyrrole nitrogens is 2. The Bertz CT molecular complexity index is 1180. The number of anilines is 1. The van der Waals surface area contributed by atoms with E-state index in [9.17, 15) is 9.59 Å². The van der Waals surface area contributed by atoms with Crippen LogP contribution in [0.2, 0.25) is 5.02 Å². The zero-order valence-electron chi connectivity index (χ0n) is 12.4. The average Bonchev–Trinajstić information content (AvgIpc) is 2.92. The third-order valence-electron chi connectivity index (χ3n) is 3.79. The van der Waals surface area contributed by atoms with Gasteiger partial charge in [-0.25, -0.2) is 0 Å². The summed E-state index contributed by atoms with van der Waals surface area (Å²) < 4.78 is 0.879. The molecule has 24 heavy (non-hydrogen) atoms. The molecule has 2 aromatic carbocycles. The second-order valence-corrected chi connectivity index (χ2v) is 6.89. The lowest BCUT2D eigenvalue weighted by Gasteiger charge is -2.07. The fourth-order valence-corrected chi connectivity index (χ4v) is 3.56. The van der Waals surface area contributed by atoms with E-state index in [2.05, 4.69) is 15.3 Å². The zero-order valence-corrected chi connectivity index (χ0v) is 13.9. The summed E-state index contributed by atoms with van der Waals surface area (Å²) >= 11 is 7.17. The lowest BCUT2D eigenvalue weighted by molar-refractivity contribution is 1.09. The van der Waals surface area contributed by atoms with Crippen LogP contribution >= 0.6 is 22.9 Å². The Hall–Kier alpha value is -2.57. The van der Waals surface area contributed by atoms with Crippen LogP contribution in [0.1, 0.15) is 5.56 Å². The fourth-order valence-electron chi connectivity index (χ4n) is 2.61. The van der Waals surface area contributed by atoms with Crippen LogP contribution < -0.4 is 15.7 Å². The zero-order chi connectivity index (χ0) is 16.7. The van der Waals surface area contributed by atoms with Crippen molar-refractivity contribution in [2.75, 3.05) is 5.32 Å². The van der Waals surface area contributed by atoms with E-state index in [1.54, 1.807) is 12.1 Å². The predicted octanol–water partition coefficient (Wildman–Crippen LogP) is 3.70. The molecule has 4 rings (SSSR count). The first-order valence-electron chi connectivity index (χ1n) is 7.27. The minimum absolute atomic E-state index is 0.0787. The van der Waals surface area contributed by atoms with Crippen LogP contribution in [0.15, 0.2) is 52.1 Å². The summed E-state index contributed by atoms with van der Waals surface area (Å²) in [6, 6.07) is 12.8. The summed E-state index contributed by atoms with van der Waals surface area (Å²) in [7, 11) is 0. The number of hydrogen-bond acceptors (Lipinski definition) is 4. The molecular weight excluding hydrogens is 346 g/mol. The van der Waals surface area contributed by atoms with Crippen molar-refractivity contribution in [3.8, 4) is 0 Å². The lowest BCUT2D eigenvalue weighted by Crippen LogP contribution is -2.15. The van der Waals surface area contributed by atoms with Crippen molar-refractivity contribution in [1.29, 1.82) is 0 Å². The van der Waals surface area contributed by atoms with Crippen molar-refractivity contribution in [3.05, 3.63) is 73.1 Å². The Kier molecular flexibility index (Phi) is 3.63. The second-order valence-electron chi connectivity index (χ2n) is 5.43. The molecule has 0 spiro atoms. The van der Waals surface area contributed by atoms with Crippen LogP contribution in [-0.4, -0.2) is 9.97 Å². The van der Waals surface area contributed by atoms with Gasteiger partial charge >= 0.3 is 4.87 Å². The summed E-state index contributed by atoms with van der Waals surface area (Å²) in [5.41, 5.74) is 2.90. The van der Waals surface area contributed by atoms with Crippen LogP contribution in [0.5, 0.6) is 0 Å². The van der Waals surface area contributed by atoms with Gasteiger partial charge in [-0.2, -0.15) is 0 Å². The molecule has 0 unspecified atom stereocenters. The number of nitrogens with one attached hydrogen (secondary N) is 3. The molecule has 120 valence electrons. The normalized spacial score (nSPS) is 11.2. The molecule has 0 aliphatic rings. The molecule has 0 aliphatic carbocycles. The number of thiazole rings is 1. The highest BCUT2D eigenvalue weighted by Gasteiger charge is 2.05. The Morgan fingerprint density at radius 2 is 1.83 bits per heavy atom. The molecule has 0 amide bonds. The minimum atomic E-state index is -0.135. The third-order valence-corrected chi connectivity index (χ3v) is 4.87. The van der Waals surface area contributed by atoms with Gasteiger partial charge in [0.2, 0.25) is 0 Å². The third kappa shape index (κ3) is 2.81. The number of hydrogen-bond donors (Lipinski definition) is 3. The van der Waals surface area contributed by atoms with E-state index in [1.165, 1.54) is 0 Å². The van der Waals surface area contributed by atoms with Gasteiger partial charge in [-0.15, -0.1) is 0 Å². The molecular formula is C17H12ClN3O2S. The van der Waals surface area contributed by atoms with Gasteiger partial charge in [0.1, 0.15) is 0 Å². The molecule has 0 bridgehead atoms. The predicted molar refractivity (Wildman–Crippen MR) is 99.4 cm³/mol. The van der Waals surface area contributed by atoms with E-state index in [-0.39, 0.29) is 10.4 Å². The van der Waals surface area contributed by atoms with E-state index in [4.69, 9.17) is 11.6 Å². The van der Waals surface area contributed by atoms with E-state index in [0.29, 0.717) is 17.1 Å². The van der Waals surface area contributed by atoms with Crippen LogP contribution in [0.25, 0.3) is 21.1 Å². The van der Waals surface area contributed by atoms with Crippen molar-refractivity contribution in [3.63, 3.8) is 0 Å². The highest BCUT2D eigenvalue weighted by molar-refractivity contribution is 7.16. The average molecular weight is 358 g/mol. The Morgan fingerprint density at radius 1 is 1.00 bits per heavy atom. The molecule has 0 aliphatic heterocycles. The van der Waals surface area contributed by atoms with Gasteiger partial charge in [-0.05, 0) is 42.5 Å².